The van der Waals surface area contributed by atoms with Crippen molar-refractivity contribution in [2.24, 2.45) is 0 Å². The van der Waals surface area contributed by atoms with Crippen LogP contribution in [0, 0.1) is 0 Å². The number of halogens is 1. The van der Waals surface area contributed by atoms with E-state index in [-0.39, 0.29) is 46.6 Å². The molecule has 4 saturated heterocycles. The number of benzene rings is 2. The number of alkyl halides is 1. The molecule has 12 heteroatoms. The lowest BCUT2D eigenvalue weighted by molar-refractivity contribution is 0.107. The molecule has 0 saturated carbocycles. The van der Waals surface area contributed by atoms with E-state index in [0.29, 0.717) is 43.1 Å². The van der Waals surface area contributed by atoms with Gasteiger partial charge in [-0.15, -0.1) is 0 Å². The van der Waals surface area contributed by atoms with Crippen molar-refractivity contribution in [1.82, 2.24) is 24.5 Å². The van der Waals surface area contributed by atoms with E-state index in [1.807, 2.05) is 29.2 Å². The molecular weight excluding hydrogens is 571 g/mol. The van der Waals surface area contributed by atoms with Crippen LogP contribution in [-0.4, -0.2) is 96.3 Å². The second-order valence-corrected chi connectivity index (χ2v) is 14.6. The first-order chi connectivity index (χ1) is 20.7. The standard InChI is InChI=1S/C31H35FN6O4S/c1-36-27(25-12-23(39)11-19-5-2-3-6-24(19)25)13-26-28(43(36,40)41)29(37-16-21-7-8-22(17-37)33-21)35-30(34-26)42-18-31-9-4-10-38(31)15-20(32)14-31/h2-3,5-6,11-13,20-22,33,39H,4,7-10,14-18H2,1H3/t20-,21?,22?,31+/m1/s1. The van der Waals surface area contributed by atoms with Crippen molar-refractivity contribution in [2.45, 2.75) is 60.8 Å². The Morgan fingerprint density at radius 2 is 1.93 bits per heavy atom. The topological polar surface area (TPSA) is 111 Å². The first kappa shape index (κ1) is 27.1. The van der Waals surface area contributed by atoms with Gasteiger partial charge in [0.25, 0.3) is 10.0 Å². The van der Waals surface area contributed by atoms with Crippen molar-refractivity contribution in [2.75, 3.05) is 44.7 Å². The van der Waals surface area contributed by atoms with Gasteiger partial charge in [0.05, 0.1) is 16.9 Å². The van der Waals surface area contributed by atoms with Gasteiger partial charge in [0.1, 0.15) is 18.5 Å². The van der Waals surface area contributed by atoms with Gasteiger partial charge >= 0.3 is 6.01 Å². The van der Waals surface area contributed by atoms with E-state index < -0.39 is 16.2 Å². The molecule has 8 rings (SSSR count). The number of nitrogens with one attached hydrogen (secondary N) is 1. The largest absolute Gasteiger partial charge is 0.508 e. The summed E-state index contributed by atoms with van der Waals surface area (Å²) in [6, 6.07) is 11.4. The third-order valence-corrected chi connectivity index (χ3v) is 11.8. The Labute approximate surface area is 250 Å². The van der Waals surface area contributed by atoms with Crippen LogP contribution in [0.1, 0.15) is 43.4 Å². The van der Waals surface area contributed by atoms with E-state index in [4.69, 9.17) is 9.72 Å². The van der Waals surface area contributed by atoms with Crippen LogP contribution in [0.15, 0.2) is 41.3 Å². The number of anilines is 1. The van der Waals surface area contributed by atoms with E-state index in [0.717, 1.165) is 43.0 Å². The summed E-state index contributed by atoms with van der Waals surface area (Å²) in [6.07, 6.45) is 5.18. The minimum atomic E-state index is -4.08. The van der Waals surface area contributed by atoms with Gasteiger partial charge in [0.2, 0.25) is 0 Å². The van der Waals surface area contributed by atoms with Crippen molar-refractivity contribution >= 4 is 38.4 Å². The lowest BCUT2D eigenvalue weighted by Gasteiger charge is -2.37. The van der Waals surface area contributed by atoms with Crippen molar-refractivity contribution in [1.29, 1.82) is 0 Å². The van der Waals surface area contributed by atoms with E-state index in [1.54, 1.807) is 18.2 Å². The second kappa shape index (κ2) is 9.76. The van der Waals surface area contributed by atoms with Crippen LogP contribution in [-0.2, 0) is 10.0 Å². The highest BCUT2D eigenvalue weighted by Crippen LogP contribution is 2.44. The van der Waals surface area contributed by atoms with Crippen LogP contribution in [0.4, 0.5) is 10.2 Å². The molecule has 10 nitrogen and oxygen atoms in total. The van der Waals surface area contributed by atoms with Crippen LogP contribution >= 0.6 is 0 Å². The average molecular weight is 607 g/mol. The van der Waals surface area contributed by atoms with Gasteiger partial charge in [-0.05, 0) is 61.2 Å². The SMILES string of the molecule is CN1C(c2cc(O)cc3ccccc23)=Cc2nc(OC[C@@]34CCCN3C[C@H](F)C4)nc(N3CC4CCC(C3)N4)c2S1(=O)=O. The number of fused-ring (bicyclic) bond motifs is 5. The van der Waals surface area contributed by atoms with Crippen molar-refractivity contribution in [3.05, 3.63) is 47.7 Å². The second-order valence-electron chi connectivity index (χ2n) is 12.7. The monoisotopic (exact) mass is 606 g/mol. The lowest BCUT2D eigenvalue weighted by Crippen LogP contribution is -2.52. The normalized spacial score (nSPS) is 29.5. The van der Waals surface area contributed by atoms with E-state index in [9.17, 15) is 17.9 Å². The zero-order chi connectivity index (χ0) is 29.5. The van der Waals surface area contributed by atoms with Crippen LogP contribution < -0.4 is 15.0 Å². The zero-order valence-electron chi connectivity index (χ0n) is 24.0. The zero-order valence-corrected chi connectivity index (χ0v) is 24.9. The first-order valence-electron chi connectivity index (χ1n) is 15.1. The van der Waals surface area contributed by atoms with Gasteiger partial charge in [0.15, 0.2) is 10.7 Å². The summed E-state index contributed by atoms with van der Waals surface area (Å²) in [5, 5.41) is 15.8. The van der Waals surface area contributed by atoms with Crippen molar-refractivity contribution in [3.63, 3.8) is 0 Å². The van der Waals surface area contributed by atoms with E-state index in [2.05, 4.69) is 15.2 Å². The number of aromatic hydroxyl groups is 1. The Bertz CT molecular complexity index is 1760. The Kier molecular flexibility index (Phi) is 6.15. The molecule has 0 amide bonds. The minimum Gasteiger partial charge on any atom is -0.508 e. The number of ether oxygens (including phenoxy) is 1. The lowest BCUT2D eigenvalue weighted by atomic mass is 9.95. The van der Waals surface area contributed by atoms with Gasteiger partial charge in [-0.3, -0.25) is 9.21 Å². The van der Waals surface area contributed by atoms with Gasteiger partial charge in [-0.1, -0.05) is 24.3 Å². The number of aromatic nitrogens is 2. The number of hydrogen-bond acceptors (Lipinski definition) is 9. The van der Waals surface area contributed by atoms with E-state index in [1.165, 1.54) is 11.4 Å². The smallest absolute Gasteiger partial charge is 0.319 e. The summed E-state index contributed by atoms with van der Waals surface area (Å²) >= 11 is 0. The summed E-state index contributed by atoms with van der Waals surface area (Å²) in [7, 11) is -2.55. The maximum absolute atomic E-state index is 14.5. The first-order valence-corrected chi connectivity index (χ1v) is 16.5. The average Bonchev–Trinajstić information content (AvgIpc) is 3.63. The van der Waals surface area contributed by atoms with Gasteiger partial charge in [0, 0.05) is 50.7 Å². The number of sulfonamides is 1. The summed E-state index contributed by atoms with van der Waals surface area (Å²) in [5.74, 6) is 0.384. The van der Waals surface area contributed by atoms with Crippen molar-refractivity contribution in [3.8, 4) is 11.8 Å². The molecule has 6 heterocycles. The number of piperazine rings is 1. The summed E-state index contributed by atoms with van der Waals surface area (Å²) in [6.45, 7) is 2.77. The molecule has 226 valence electrons. The maximum atomic E-state index is 14.5. The highest BCUT2D eigenvalue weighted by atomic mass is 32.2. The van der Waals surface area contributed by atoms with Crippen LogP contribution in [0.3, 0.4) is 0 Å². The predicted octanol–water partition coefficient (Wildman–Crippen LogP) is 3.36. The molecule has 2 aromatic carbocycles. The van der Waals surface area contributed by atoms with Gasteiger partial charge in [-0.2, -0.15) is 9.97 Å². The maximum Gasteiger partial charge on any atom is 0.319 e. The van der Waals surface area contributed by atoms with Crippen LogP contribution in [0.25, 0.3) is 22.5 Å². The molecule has 0 aliphatic carbocycles. The molecule has 5 aliphatic rings. The molecule has 1 aromatic heterocycles. The fourth-order valence-corrected chi connectivity index (χ4v) is 9.38. The molecular formula is C31H35FN6O4S. The predicted molar refractivity (Wildman–Crippen MR) is 161 cm³/mol. The number of phenolic OH excluding ortho intramolecular Hbond substituents is 1. The number of phenols is 1. The Hall–Kier alpha value is -3.48. The highest BCUT2D eigenvalue weighted by molar-refractivity contribution is 7.89. The molecule has 2 unspecified atom stereocenters. The molecule has 0 radical (unpaired) electrons. The quantitative estimate of drug-likeness (QED) is 0.452. The Morgan fingerprint density at radius 1 is 1.14 bits per heavy atom. The highest BCUT2D eigenvalue weighted by Gasteiger charge is 2.49. The number of rotatable bonds is 5. The van der Waals surface area contributed by atoms with Gasteiger partial charge in [-0.25, -0.2) is 12.8 Å². The molecule has 3 aromatic rings. The van der Waals surface area contributed by atoms with E-state index >= 15 is 0 Å². The Morgan fingerprint density at radius 3 is 2.74 bits per heavy atom. The molecule has 0 spiro atoms. The molecule has 43 heavy (non-hydrogen) atoms. The summed E-state index contributed by atoms with van der Waals surface area (Å²) < 4.78 is 50.6. The molecule has 5 aliphatic heterocycles. The molecule has 2 bridgehead atoms. The Balaban J connectivity index is 1.27. The summed E-state index contributed by atoms with van der Waals surface area (Å²) in [4.78, 5) is 13.7. The number of nitrogens with zero attached hydrogens (tertiary/aromatic N) is 5. The molecule has 4 atom stereocenters. The molecule has 2 N–H and O–H groups in total. The van der Waals surface area contributed by atoms with Crippen molar-refractivity contribution < 1.29 is 22.7 Å². The number of hydrogen-bond donors (Lipinski definition) is 2. The fraction of sp³-hybridized carbons (Fsp3) is 0.484. The minimum absolute atomic E-state index is 0.0398. The van der Waals surface area contributed by atoms with Crippen LogP contribution in [0.5, 0.6) is 11.8 Å². The summed E-state index contributed by atoms with van der Waals surface area (Å²) in [5.41, 5.74) is 0.839. The third kappa shape index (κ3) is 4.36. The fourth-order valence-electron chi connectivity index (χ4n) is 7.92. The van der Waals surface area contributed by atoms with Crippen LogP contribution in [0.2, 0.25) is 0 Å². The van der Waals surface area contributed by atoms with Gasteiger partial charge < -0.3 is 20.1 Å². The third-order valence-electron chi connectivity index (χ3n) is 9.95. The molecule has 4 fully saturated rings.